The summed E-state index contributed by atoms with van der Waals surface area (Å²) >= 11 is 0. The highest BCUT2D eigenvalue weighted by Gasteiger charge is 2.45. The summed E-state index contributed by atoms with van der Waals surface area (Å²) in [6.45, 7) is -0.513. The Bertz CT molecular complexity index is 1190. The van der Waals surface area contributed by atoms with E-state index in [0.29, 0.717) is 0 Å². The minimum atomic E-state index is -1.42. The Labute approximate surface area is 181 Å². The lowest BCUT2D eigenvalue weighted by atomic mass is 10.1. The third kappa shape index (κ3) is 3.89. The fraction of sp³-hybridized carbons (Fsp3) is 0.368. The van der Waals surface area contributed by atoms with Gasteiger partial charge in [-0.3, -0.25) is 14.3 Å². The number of H-pyrrole nitrogens is 1. The number of hydrazone groups is 1. The molecule has 32 heavy (non-hydrogen) atoms. The summed E-state index contributed by atoms with van der Waals surface area (Å²) in [6.07, 6.45) is -3.45. The zero-order valence-corrected chi connectivity index (χ0v) is 17.4. The summed E-state index contributed by atoms with van der Waals surface area (Å²) < 4.78 is 6.87. The van der Waals surface area contributed by atoms with E-state index in [4.69, 9.17) is 10.5 Å². The Hall–Kier alpha value is -3.52. The fourth-order valence-electron chi connectivity index (χ4n) is 3.44. The van der Waals surface area contributed by atoms with E-state index in [-0.39, 0.29) is 23.1 Å². The highest BCUT2D eigenvalue weighted by atomic mass is 16.6. The summed E-state index contributed by atoms with van der Waals surface area (Å²) in [6, 6.07) is 7.62. The number of hydrogen-bond donors (Lipinski definition) is 6. The summed E-state index contributed by atoms with van der Waals surface area (Å²) in [5.41, 5.74) is 9.60. The maximum absolute atomic E-state index is 12.3. The lowest BCUT2D eigenvalue weighted by molar-refractivity contribution is -0.0501. The Morgan fingerprint density at radius 1 is 1.28 bits per heavy atom. The van der Waals surface area contributed by atoms with Gasteiger partial charge in [-0.2, -0.15) is 10.1 Å². The number of fused-ring (bicyclic) bond motifs is 1. The number of rotatable bonds is 6. The van der Waals surface area contributed by atoms with Gasteiger partial charge in [0, 0.05) is 19.8 Å². The molecule has 3 aromatic rings. The molecule has 1 fully saturated rings. The topological polar surface area (TPSA) is 187 Å². The third-order valence-electron chi connectivity index (χ3n) is 5.13. The van der Waals surface area contributed by atoms with Gasteiger partial charge >= 0.3 is 0 Å². The van der Waals surface area contributed by atoms with E-state index in [0.717, 1.165) is 11.3 Å². The number of ether oxygens (including phenoxy) is 1. The summed E-state index contributed by atoms with van der Waals surface area (Å²) in [5, 5.41) is 34.2. The second-order valence-corrected chi connectivity index (χ2v) is 7.51. The molecule has 1 aliphatic rings. The minimum absolute atomic E-state index is 0.0223. The highest BCUT2D eigenvalue weighted by molar-refractivity contribution is 5.81. The number of nitrogens with two attached hydrogens (primary N) is 1. The number of aromatic amines is 1. The van der Waals surface area contributed by atoms with Crippen LogP contribution in [0, 0.1) is 0 Å². The number of anilines is 3. The van der Waals surface area contributed by atoms with E-state index in [2.05, 4.69) is 25.5 Å². The number of benzene rings is 1. The van der Waals surface area contributed by atoms with Crippen LogP contribution in [0.1, 0.15) is 11.8 Å². The molecule has 0 bridgehead atoms. The van der Waals surface area contributed by atoms with Gasteiger partial charge in [0.05, 0.1) is 12.8 Å². The Morgan fingerprint density at radius 3 is 2.62 bits per heavy atom. The fourth-order valence-corrected chi connectivity index (χ4v) is 3.44. The van der Waals surface area contributed by atoms with Crippen LogP contribution in [-0.2, 0) is 4.74 Å². The smallest absolute Gasteiger partial charge is 0.280 e. The van der Waals surface area contributed by atoms with Crippen LogP contribution in [0.5, 0.6) is 0 Å². The molecule has 1 aromatic carbocycles. The largest absolute Gasteiger partial charge is 0.394 e. The first kappa shape index (κ1) is 21.7. The average Bonchev–Trinajstić information content (AvgIpc) is 3.25. The number of hydrogen-bond acceptors (Lipinski definition) is 11. The highest BCUT2D eigenvalue weighted by Crippen LogP contribution is 2.33. The lowest BCUT2D eigenvalue weighted by Crippen LogP contribution is -2.33. The maximum atomic E-state index is 12.3. The summed E-state index contributed by atoms with van der Waals surface area (Å²) in [4.78, 5) is 24.9. The zero-order valence-electron chi connectivity index (χ0n) is 17.4. The molecule has 4 atom stereocenters. The van der Waals surface area contributed by atoms with Crippen LogP contribution in [0.4, 0.5) is 17.6 Å². The van der Waals surface area contributed by atoms with Crippen molar-refractivity contribution >= 4 is 35.0 Å². The second kappa shape index (κ2) is 8.55. The first-order valence-electron chi connectivity index (χ1n) is 9.76. The van der Waals surface area contributed by atoms with Crippen molar-refractivity contribution in [3.63, 3.8) is 0 Å². The van der Waals surface area contributed by atoms with E-state index >= 15 is 0 Å². The van der Waals surface area contributed by atoms with Crippen molar-refractivity contribution in [3.8, 4) is 0 Å². The van der Waals surface area contributed by atoms with E-state index in [1.54, 1.807) is 6.21 Å². The van der Waals surface area contributed by atoms with E-state index in [1.165, 1.54) is 4.57 Å². The predicted octanol–water partition coefficient (Wildman–Crippen LogP) is -1.17. The molecule has 2 aromatic heterocycles. The SMILES string of the molecule is CN(C)c1ccc(/C=N/Nc2nc3c(=O)[nH]c(N)nc3n2[C@H]2O[C@@H](CO)[C@@H](O)[C@H]2O)cc1. The molecule has 13 nitrogen and oxygen atoms in total. The molecule has 4 rings (SSSR count). The van der Waals surface area contributed by atoms with E-state index < -0.39 is 36.7 Å². The molecule has 0 amide bonds. The molecule has 13 heteroatoms. The molecular formula is C19H24N8O5. The molecule has 1 aliphatic heterocycles. The Morgan fingerprint density at radius 2 is 2.00 bits per heavy atom. The number of nitrogens with one attached hydrogen (secondary N) is 2. The van der Waals surface area contributed by atoms with Gasteiger partial charge in [0.15, 0.2) is 17.4 Å². The minimum Gasteiger partial charge on any atom is -0.394 e. The molecule has 1 saturated heterocycles. The van der Waals surface area contributed by atoms with Crippen molar-refractivity contribution in [1.82, 2.24) is 19.5 Å². The normalized spacial score (nSPS) is 23.3. The van der Waals surface area contributed by atoms with Gasteiger partial charge in [0.25, 0.3) is 5.56 Å². The third-order valence-corrected chi connectivity index (χ3v) is 5.13. The summed E-state index contributed by atoms with van der Waals surface area (Å²) in [7, 11) is 3.88. The molecule has 0 aliphatic carbocycles. The van der Waals surface area contributed by atoms with Gasteiger partial charge in [-0.1, -0.05) is 12.1 Å². The number of nitrogens with zero attached hydrogens (tertiary/aromatic N) is 5. The number of aliphatic hydroxyl groups excluding tert-OH is 3. The van der Waals surface area contributed by atoms with Gasteiger partial charge in [-0.15, -0.1) is 0 Å². The monoisotopic (exact) mass is 444 g/mol. The van der Waals surface area contributed by atoms with Gasteiger partial charge in [0.1, 0.15) is 18.3 Å². The van der Waals surface area contributed by atoms with Crippen molar-refractivity contribution in [2.45, 2.75) is 24.5 Å². The maximum Gasteiger partial charge on any atom is 0.280 e. The molecule has 0 spiro atoms. The van der Waals surface area contributed by atoms with Gasteiger partial charge in [-0.05, 0) is 17.7 Å². The number of aromatic nitrogens is 4. The molecule has 0 unspecified atom stereocenters. The van der Waals surface area contributed by atoms with Gasteiger partial charge < -0.3 is 30.7 Å². The van der Waals surface area contributed by atoms with Gasteiger partial charge in [0.2, 0.25) is 11.9 Å². The molecule has 0 saturated carbocycles. The first-order valence-corrected chi connectivity index (χ1v) is 9.76. The molecule has 170 valence electrons. The number of aliphatic hydroxyl groups is 3. The van der Waals surface area contributed by atoms with Crippen LogP contribution in [0.15, 0.2) is 34.2 Å². The van der Waals surface area contributed by atoms with Crippen molar-refractivity contribution in [3.05, 3.63) is 40.2 Å². The van der Waals surface area contributed by atoms with Crippen molar-refractivity contribution in [1.29, 1.82) is 0 Å². The number of nitrogen functional groups attached to an aromatic ring is 1. The van der Waals surface area contributed by atoms with Gasteiger partial charge in [-0.25, -0.2) is 10.4 Å². The molecule has 7 N–H and O–H groups in total. The Kier molecular flexibility index (Phi) is 5.80. The average molecular weight is 444 g/mol. The van der Waals surface area contributed by atoms with Crippen LogP contribution in [0.25, 0.3) is 11.2 Å². The molecule has 0 radical (unpaired) electrons. The second-order valence-electron chi connectivity index (χ2n) is 7.51. The first-order chi connectivity index (χ1) is 15.3. The predicted molar refractivity (Wildman–Crippen MR) is 118 cm³/mol. The van der Waals surface area contributed by atoms with Crippen molar-refractivity contribution in [2.24, 2.45) is 5.10 Å². The van der Waals surface area contributed by atoms with Crippen LogP contribution in [0.2, 0.25) is 0 Å². The summed E-state index contributed by atoms with van der Waals surface area (Å²) in [5.74, 6) is -0.133. The van der Waals surface area contributed by atoms with E-state index in [9.17, 15) is 20.1 Å². The molecular weight excluding hydrogens is 420 g/mol. The molecule has 3 heterocycles. The Balaban J connectivity index is 1.70. The van der Waals surface area contributed by atoms with Crippen molar-refractivity contribution in [2.75, 3.05) is 36.8 Å². The van der Waals surface area contributed by atoms with Crippen molar-refractivity contribution < 1.29 is 20.1 Å². The van der Waals surface area contributed by atoms with Crippen LogP contribution < -0.4 is 21.6 Å². The zero-order chi connectivity index (χ0) is 23.0. The standard InChI is InChI=1S/C19H24N8O5/c1-26(2)10-5-3-9(4-6-10)7-21-25-19-22-12-15(23-18(20)24-16(12)31)27(19)17-14(30)13(29)11(8-28)32-17/h3-7,11,13-14,17,28-30H,8H2,1-2H3,(H,22,25)(H3,20,23,24,31)/b21-7+/t11-,13+,14+,17-/m0/s1. The number of imidazole rings is 1. The quantitative estimate of drug-likeness (QED) is 0.200. The van der Waals surface area contributed by atoms with Crippen LogP contribution in [0.3, 0.4) is 0 Å². The van der Waals surface area contributed by atoms with E-state index in [1.807, 2.05) is 43.3 Å². The van der Waals surface area contributed by atoms with Crippen LogP contribution in [-0.4, -0.2) is 80.1 Å². The lowest BCUT2D eigenvalue weighted by Gasteiger charge is -2.18. The van der Waals surface area contributed by atoms with Crippen LogP contribution >= 0.6 is 0 Å².